The van der Waals surface area contributed by atoms with E-state index < -0.39 is 58.6 Å². The van der Waals surface area contributed by atoms with Crippen LogP contribution in [0.1, 0.15) is 27.7 Å². The Morgan fingerprint density at radius 3 is 1.73 bits per heavy atom. The van der Waals surface area contributed by atoms with Crippen molar-refractivity contribution >= 4 is 48.9 Å². The van der Waals surface area contributed by atoms with Gasteiger partial charge in [-0.3, -0.25) is 19.7 Å². The highest BCUT2D eigenvalue weighted by Gasteiger charge is 2.39. The molecule has 1 heterocycles. The van der Waals surface area contributed by atoms with Gasteiger partial charge in [0, 0.05) is 12.1 Å². The summed E-state index contributed by atoms with van der Waals surface area (Å²) in [5, 5.41) is 14.4. The molecular weight excluding hydrogens is 442 g/mol. The SMILES string of the molecule is CC1(C)NS(=O)(=O)CS(=O)(=O)NC(C)(C)C(=O)Nc2cc([N+](=O)[O-])ccc2NC1=O. The highest BCUT2D eigenvalue weighted by Crippen LogP contribution is 2.29. The van der Waals surface area contributed by atoms with E-state index in [4.69, 9.17) is 0 Å². The van der Waals surface area contributed by atoms with Gasteiger partial charge in [0.15, 0.2) is 5.08 Å². The summed E-state index contributed by atoms with van der Waals surface area (Å²) in [6, 6.07) is 3.22. The fourth-order valence-electron chi connectivity index (χ4n) is 2.55. The summed E-state index contributed by atoms with van der Waals surface area (Å²) in [5.74, 6) is -1.83. The van der Waals surface area contributed by atoms with Crippen LogP contribution in [0.15, 0.2) is 18.2 Å². The molecular formula is C15H21N5O8S2. The number of carbonyl (C=O) groups is 2. The van der Waals surface area contributed by atoms with Crippen LogP contribution in [-0.2, 0) is 29.6 Å². The minimum absolute atomic E-state index is 0.0517. The number of benzene rings is 1. The molecule has 2 rings (SSSR count). The largest absolute Gasteiger partial charge is 0.323 e. The quantitative estimate of drug-likeness (QED) is 0.326. The van der Waals surface area contributed by atoms with Crippen LogP contribution in [0.5, 0.6) is 0 Å². The third kappa shape index (κ3) is 5.50. The van der Waals surface area contributed by atoms with Crippen LogP contribution < -0.4 is 20.1 Å². The van der Waals surface area contributed by atoms with Crippen molar-refractivity contribution in [2.24, 2.45) is 0 Å². The predicted molar refractivity (Wildman–Crippen MR) is 107 cm³/mol. The third-order valence-electron chi connectivity index (χ3n) is 3.98. The summed E-state index contributed by atoms with van der Waals surface area (Å²) in [4.78, 5) is 35.6. The number of rotatable bonds is 1. The Labute approximate surface area is 172 Å². The molecule has 1 aromatic carbocycles. The number of nitrogens with zero attached hydrogens (tertiary/aromatic N) is 1. The van der Waals surface area contributed by atoms with Crippen molar-refractivity contribution in [1.82, 2.24) is 9.44 Å². The lowest BCUT2D eigenvalue weighted by Gasteiger charge is -2.25. The first-order chi connectivity index (χ1) is 13.4. The van der Waals surface area contributed by atoms with Gasteiger partial charge in [0.2, 0.25) is 31.9 Å². The Bertz CT molecular complexity index is 1130. The molecule has 15 heteroatoms. The Balaban J connectivity index is 2.66. The molecule has 0 aromatic heterocycles. The van der Waals surface area contributed by atoms with Gasteiger partial charge in [-0.15, -0.1) is 0 Å². The molecule has 0 spiro atoms. The zero-order valence-electron chi connectivity index (χ0n) is 16.5. The molecule has 0 bridgehead atoms. The summed E-state index contributed by atoms with van der Waals surface area (Å²) in [6.45, 7) is 4.76. The number of anilines is 2. The third-order valence-corrected chi connectivity index (χ3v) is 8.10. The van der Waals surface area contributed by atoms with Crippen molar-refractivity contribution in [2.45, 2.75) is 38.8 Å². The van der Waals surface area contributed by atoms with Gasteiger partial charge in [-0.1, -0.05) is 0 Å². The molecule has 0 unspecified atom stereocenters. The Kier molecular flexibility index (Phi) is 5.97. The molecule has 0 aliphatic carbocycles. The zero-order chi connectivity index (χ0) is 23.1. The number of carbonyl (C=O) groups excluding carboxylic acids is 2. The van der Waals surface area contributed by atoms with Crippen LogP contribution in [0.3, 0.4) is 0 Å². The molecule has 1 aliphatic heterocycles. The van der Waals surface area contributed by atoms with E-state index in [1.807, 2.05) is 9.44 Å². The van der Waals surface area contributed by atoms with Crippen molar-refractivity contribution in [3.8, 4) is 0 Å². The van der Waals surface area contributed by atoms with Gasteiger partial charge in [-0.05, 0) is 33.8 Å². The van der Waals surface area contributed by atoms with Crippen molar-refractivity contribution in [2.75, 3.05) is 15.7 Å². The predicted octanol–water partition coefficient (Wildman–Crippen LogP) is -0.161. The smallest absolute Gasteiger partial charge is 0.271 e. The Morgan fingerprint density at radius 1 is 0.867 bits per heavy atom. The first kappa shape index (κ1) is 23.7. The standard InChI is InChI=1S/C15H21N5O8S2/c1-14(2)12(21)16-10-6-5-9(20(23)24)7-11(10)17-13(22)15(3,4)19-30(27,28)8-29(25,26)18-14/h5-7,18-19H,8H2,1-4H3,(H,16,21)(H,17,22). The summed E-state index contributed by atoms with van der Waals surface area (Å²) >= 11 is 0. The van der Waals surface area contributed by atoms with Crippen LogP contribution in [0.4, 0.5) is 17.1 Å². The van der Waals surface area contributed by atoms with Crippen molar-refractivity contribution in [3.05, 3.63) is 28.3 Å². The molecule has 4 N–H and O–H groups in total. The van der Waals surface area contributed by atoms with E-state index in [9.17, 15) is 36.5 Å². The molecule has 2 amide bonds. The van der Waals surface area contributed by atoms with Gasteiger partial charge >= 0.3 is 0 Å². The number of fused-ring (bicyclic) bond motifs is 1. The van der Waals surface area contributed by atoms with Gasteiger partial charge in [-0.25, -0.2) is 16.8 Å². The maximum absolute atomic E-state index is 12.7. The van der Waals surface area contributed by atoms with E-state index in [1.54, 1.807) is 0 Å². The molecule has 0 atom stereocenters. The van der Waals surface area contributed by atoms with Gasteiger partial charge in [0.1, 0.15) is 11.1 Å². The van der Waals surface area contributed by atoms with Gasteiger partial charge in [-0.2, -0.15) is 9.44 Å². The molecule has 13 nitrogen and oxygen atoms in total. The second kappa shape index (κ2) is 7.57. The first-order valence-corrected chi connectivity index (χ1v) is 11.7. The minimum atomic E-state index is -4.54. The van der Waals surface area contributed by atoms with Crippen molar-refractivity contribution < 1.29 is 31.3 Å². The average molecular weight is 463 g/mol. The fourth-order valence-corrected chi connectivity index (χ4v) is 6.39. The van der Waals surface area contributed by atoms with Crippen molar-refractivity contribution in [3.63, 3.8) is 0 Å². The Hall–Kier alpha value is -2.62. The van der Waals surface area contributed by atoms with E-state index in [0.29, 0.717) is 0 Å². The average Bonchev–Trinajstić information content (AvgIpc) is 2.51. The minimum Gasteiger partial charge on any atom is -0.323 e. The van der Waals surface area contributed by atoms with E-state index >= 15 is 0 Å². The monoisotopic (exact) mass is 463 g/mol. The molecule has 1 aromatic rings. The van der Waals surface area contributed by atoms with Gasteiger partial charge < -0.3 is 10.6 Å². The first-order valence-electron chi connectivity index (χ1n) is 8.39. The van der Waals surface area contributed by atoms with Crippen LogP contribution in [0.2, 0.25) is 0 Å². The summed E-state index contributed by atoms with van der Waals surface area (Å²) in [6.07, 6.45) is 0. The maximum Gasteiger partial charge on any atom is 0.271 e. The van der Waals surface area contributed by atoms with Crippen molar-refractivity contribution in [1.29, 1.82) is 0 Å². The second-order valence-electron chi connectivity index (χ2n) is 7.70. The molecule has 166 valence electrons. The van der Waals surface area contributed by atoms with E-state index in [0.717, 1.165) is 18.2 Å². The zero-order valence-corrected chi connectivity index (χ0v) is 18.1. The van der Waals surface area contributed by atoms with E-state index in [1.165, 1.54) is 27.7 Å². The fraction of sp³-hybridized carbons (Fsp3) is 0.467. The van der Waals surface area contributed by atoms with Gasteiger partial charge in [0.05, 0.1) is 16.3 Å². The number of sulfonamides is 2. The summed E-state index contributed by atoms with van der Waals surface area (Å²) in [5.41, 5.74) is -4.24. The van der Waals surface area contributed by atoms with Crippen LogP contribution in [-0.4, -0.2) is 49.7 Å². The summed E-state index contributed by atoms with van der Waals surface area (Å²) < 4.78 is 53.3. The number of amides is 2. The highest BCUT2D eigenvalue weighted by atomic mass is 32.3. The van der Waals surface area contributed by atoms with Crippen LogP contribution in [0, 0.1) is 10.1 Å². The topological polar surface area (TPSA) is 194 Å². The second-order valence-corrected chi connectivity index (χ2v) is 11.5. The molecule has 0 radical (unpaired) electrons. The molecule has 0 saturated carbocycles. The highest BCUT2D eigenvalue weighted by molar-refractivity contribution is 8.06. The number of nitro groups is 1. The van der Waals surface area contributed by atoms with Gasteiger partial charge in [0.25, 0.3) is 5.69 Å². The normalized spacial score (nSPS) is 22.8. The lowest BCUT2D eigenvalue weighted by Crippen LogP contribution is -2.56. The molecule has 0 saturated heterocycles. The van der Waals surface area contributed by atoms with Crippen LogP contribution >= 0.6 is 0 Å². The summed E-state index contributed by atoms with van der Waals surface area (Å²) in [7, 11) is -9.05. The lowest BCUT2D eigenvalue weighted by atomic mass is 10.1. The number of nitro benzene ring substituents is 1. The lowest BCUT2D eigenvalue weighted by molar-refractivity contribution is -0.384. The number of hydrogen-bond acceptors (Lipinski definition) is 8. The molecule has 0 fully saturated rings. The maximum atomic E-state index is 12.7. The Morgan fingerprint density at radius 2 is 1.30 bits per heavy atom. The van der Waals surface area contributed by atoms with E-state index in [2.05, 4.69) is 10.6 Å². The number of hydrogen-bond donors (Lipinski definition) is 4. The van der Waals surface area contributed by atoms with Crippen LogP contribution in [0.25, 0.3) is 0 Å². The number of nitrogens with one attached hydrogen (secondary N) is 4. The van der Waals surface area contributed by atoms with E-state index in [-0.39, 0.29) is 11.4 Å². The molecule has 1 aliphatic rings. The molecule has 30 heavy (non-hydrogen) atoms. The number of non-ortho nitro benzene ring substituents is 1.